The van der Waals surface area contributed by atoms with Crippen LogP contribution < -0.4 is 15.8 Å². The molecule has 0 saturated heterocycles. The molecule has 1 amide bonds. The van der Waals surface area contributed by atoms with Gasteiger partial charge in [-0.2, -0.15) is 5.10 Å². The van der Waals surface area contributed by atoms with Crippen molar-refractivity contribution in [1.29, 1.82) is 0 Å². The van der Waals surface area contributed by atoms with Crippen molar-refractivity contribution >= 4 is 21.6 Å². The molecule has 2 aromatic rings. The lowest BCUT2D eigenvalue weighted by atomic mass is 9.99. The summed E-state index contributed by atoms with van der Waals surface area (Å²) in [5.74, 6) is -0.468. The van der Waals surface area contributed by atoms with Crippen molar-refractivity contribution in [3.8, 4) is 0 Å². The Bertz CT molecular complexity index is 921. The fraction of sp³-hybridized carbons (Fsp3) is 0.444. The molecule has 2 rings (SSSR count). The molecular weight excluding hydrogens is 366 g/mol. The molecule has 0 fully saturated rings. The SMILES string of the molecule is Cc1nn(C)c(C)c1CC(C)C(=O)Nc1cccc(S(=O)(=O)NCCN)c1. The van der Waals surface area contributed by atoms with Gasteiger partial charge in [0.2, 0.25) is 15.9 Å². The summed E-state index contributed by atoms with van der Waals surface area (Å²) in [4.78, 5) is 12.6. The van der Waals surface area contributed by atoms with Gasteiger partial charge in [-0.1, -0.05) is 13.0 Å². The number of nitrogens with one attached hydrogen (secondary N) is 2. The standard InChI is InChI=1S/C18H27N5O3S/c1-12(10-17-13(2)22-23(4)14(17)3)18(24)21-15-6-5-7-16(11-15)27(25,26)20-9-8-19/h5-7,11-12,20H,8-10,19H2,1-4H3,(H,21,24). The summed E-state index contributed by atoms with van der Waals surface area (Å²) in [6, 6.07) is 6.16. The molecule has 27 heavy (non-hydrogen) atoms. The van der Waals surface area contributed by atoms with Crippen LogP contribution in [0.3, 0.4) is 0 Å². The van der Waals surface area contributed by atoms with Crippen LogP contribution in [0.5, 0.6) is 0 Å². The summed E-state index contributed by atoms with van der Waals surface area (Å²) >= 11 is 0. The molecule has 148 valence electrons. The van der Waals surface area contributed by atoms with Crippen molar-refractivity contribution < 1.29 is 13.2 Å². The Balaban J connectivity index is 2.10. The van der Waals surface area contributed by atoms with Gasteiger partial charge in [-0.3, -0.25) is 9.48 Å². The first-order chi connectivity index (χ1) is 12.7. The van der Waals surface area contributed by atoms with Crippen LogP contribution in [0.15, 0.2) is 29.2 Å². The predicted molar refractivity (Wildman–Crippen MR) is 105 cm³/mol. The second-order valence-electron chi connectivity index (χ2n) is 6.58. The van der Waals surface area contributed by atoms with Gasteiger partial charge in [-0.05, 0) is 44.0 Å². The van der Waals surface area contributed by atoms with Crippen LogP contribution in [0.1, 0.15) is 23.9 Å². The van der Waals surface area contributed by atoms with Crippen LogP contribution in [0.25, 0.3) is 0 Å². The minimum absolute atomic E-state index is 0.0837. The third-order valence-corrected chi connectivity index (χ3v) is 5.92. The zero-order chi connectivity index (χ0) is 20.2. The molecule has 1 atom stereocenters. The Morgan fingerprint density at radius 2 is 2.04 bits per heavy atom. The van der Waals surface area contributed by atoms with E-state index < -0.39 is 10.0 Å². The lowest BCUT2D eigenvalue weighted by molar-refractivity contribution is -0.119. The van der Waals surface area contributed by atoms with Gasteiger partial charge < -0.3 is 11.1 Å². The highest BCUT2D eigenvalue weighted by Crippen LogP contribution is 2.20. The highest BCUT2D eigenvalue weighted by atomic mass is 32.2. The molecule has 8 nitrogen and oxygen atoms in total. The molecule has 1 unspecified atom stereocenters. The predicted octanol–water partition coefficient (Wildman–Crippen LogP) is 1.09. The molecule has 0 aliphatic rings. The lowest BCUT2D eigenvalue weighted by Gasteiger charge is -2.14. The average molecular weight is 394 g/mol. The first-order valence-corrected chi connectivity index (χ1v) is 10.2. The van der Waals surface area contributed by atoms with E-state index in [1.807, 2.05) is 27.8 Å². The number of anilines is 1. The fourth-order valence-electron chi connectivity index (χ4n) is 2.79. The maximum absolute atomic E-state index is 12.6. The van der Waals surface area contributed by atoms with Crippen LogP contribution >= 0.6 is 0 Å². The number of nitrogens with two attached hydrogens (primary N) is 1. The summed E-state index contributed by atoms with van der Waals surface area (Å²) in [6.45, 7) is 6.10. The number of carbonyl (C=O) groups is 1. The number of carbonyl (C=O) groups excluding carboxylic acids is 1. The van der Waals surface area contributed by atoms with E-state index in [1.54, 1.807) is 16.8 Å². The molecular formula is C18H27N5O3S. The molecule has 1 heterocycles. The number of aromatic nitrogens is 2. The highest BCUT2D eigenvalue weighted by molar-refractivity contribution is 7.89. The summed E-state index contributed by atoms with van der Waals surface area (Å²) in [7, 11) is -1.77. The van der Waals surface area contributed by atoms with Crippen molar-refractivity contribution in [2.75, 3.05) is 18.4 Å². The molecule has 0 aliphatic heterocycles. The second-order valence-corrected chi connectivity index (χ2v) is 8.35. The summed E-state index contributed by atoms with van der Waals surface area (Å²) in [5, 5.41) is 7.17. The Morgan fingerprint density at radius 1 is 1.33 bits per heavy atom. The number of amides is 1. The van der Waals surface area contributed by atoms with E-state index in [0.717, 1.165) is 17.0 Å². The maximum atomic E-state index is 12.6. The highest BCUT2D eigenvalue weighted by Gasteiger charge is 2.19. The first kappa shape index (κ1) is 21.1. The molecule has 9 heteroatoms. The smallest absolute Gasteiger partial charge is 0.240 e. The molecule has 0 spiro atoms. The molecule has 4 N–H and O–H groups in total. The number of sulfonamides is 1. The topological polar surface area (TPSA) is 119 Å². The van der Waals surface area contributed by atoms with E-state index in [2.05, 4.69) is 15.1 Å². The minimum Gasteiger partial charge on any atom is -0.329 e. The lowest BCUT2D eigenvalue weighted by Crippen LogP contribution is -2.29. The Kier molecular flexibility index (Phi) is 6.74. The molecule has 1 aromatic heterocycles. The minimum atomic E-state index is -3.65. The number of benzene rings is 1. The van der Waals surface area contributed by atoms with E-state index in [-0.39, 0.29) is 29.8 Å². The van der Waals surface area contributed by atoms with E-state index in [0.29, 0.717) is 12.1 Å². The van der Waals surface area contributed by atoms with Crippen LogP contribution in [-0.2, 0) is 28.3 Å². The van der Waals surface area contributed by atoms with Crippen molar-refractivity contribution in [3.05, 3.63) is 41.2 Å². The quantitative estimate of drug-likeness (QED) is 0.620. The number of hydrogen-bond donors (Lipinski definition) is 3. The van der Waals surface area contributed by atoms with Gasteiger partial charge in [0, 0.05) is 37.4 Å². The molecule has 1 aromatic carbocycles. The van der Waals surface area contributed by atoms with E-state index in [9.17, 15) is 13.2 Å². The Morgan fingerprint density at radius 3 is 2.63 bits per heavy atom. The number of aryl methyl sites for hydroxylation is 2. The summed E-state index contributed by atoms with van der Waals surface area (Å²) in [5.41, 5.74) is 8.77. The zero-order valence-corrected chi connectivity index (χ0v) is 16.9. The number of hydrogen-bond acceptors (Lipinski definition) is 5. The zero-order valence-electron chi connectivity index (χ0n) is 16.1. The average Bonchev–Trinajstić information content (AvgIpc) is 2.86. The van der Waals surface area contributed by atoms with Crippen molar-refractivity contribution in [3.63, 3.8) is 0 Å². The largest absolute Gasteiger partial charge is 0.329 e. The fourth-order valence-corrected chi connectivity index (χ4v) is 3.89. The first-order valence-electron chi connectivity index (χ1n) is 8.75. The molecule has 0 saturated carbocycles. The van der Waals surface area contributed by atoms with Crippen LogP contribution in [0.4, 0.5) is 5.69 Å². The van der Waals surface area contributed by atoms with Crippen LogP contribution in [0, 0.1) is 19.8 Å². The van der Waals surface area contributed by atoms with Gasteiger partial charge in [0.25, 0.3) is 0 Å². The van der Waals surface area contributed by atoms with Gasteiger partial charge >= 0.3 is 0 Å². The van der Waals surface area contributed by atoms with Crippen LogP contribution in [0.2, 0.25) is 0 Å². The normalized spacial score (nSPS) is 12.8. The van der Waals surface area contributed by atoms with E-state index in [1.165, 1.54) is 12.1 Å². The Hall–Kier alpha value is -2.23. The number of rotatable bonds is 8. The van der Waals surface area contributed by atoms with Crippen molar-refractivity contribution in [2.24, 2.45) is 18.7 Å². The summed E-state index contributed by atoms with van der Waals surface area (Å²) in [6.07, 6.45) is 0.563. The van der Waals surface area contributed by atoms with Crippen molar-refractivity contribution in [2.45, 2.75) is 32.1 Å². The molecule has 0 bridgehead atoms. The third kappa shape index (κ3) is 5.15. The van der Waals surface area contributed by atoms with E-state index >= 15 is 0 Å². The summed E-state index contributed by atoms with van der Waals surface area (Å²) < 4.78 is 28.6. The van der Waals surface area contributed by atoms with Crippen LogP contribution in [-0.4, -0.2) is 37.2 Å². The van der Waals surface area contributed by atoms with Crippen molar-refractivity contribution in [1.82, 2.24) is 14.5 Å². The number of nitrogens with zero attached hydrogens (tertiary/aromatic N) is 2. The van der Waals surface area contributed by atoms with Gasteiger partial charge in [-0.25, -0.2) is 13.1 Å². The monoisotopic (exact) mass is 393 g/mol. The van der Waals surface area contributed by atoms with Gasteiger partial charge in [0.05, 0.1) is 10.6 Å². The van der Waals surface area contributed by atoms with Gasteiger partial charge in [0.15, 0.2) is 0 Å². The van der Waals surface area contributed by atoms with E-state index in [4.69, 9.17) is 5.73 Å². The van der Waals surface area contributed by atoms with Gasteiger partial charge in [-0.15, -0.1) is 0 Å². The molecule has 0 radical (unpaired) electrons. The Labute approximate surface area is 160 Å². The maximum Gasteiger partial charge on any atom is 0.240 e. The molecule has 0 aliphatic carbocycles. The van der Waals surface area contributed by atoms with Gasteiger partial charge in [0.1, 0.15) is 0 Å². The third-order valence-electron chi connectivity index (χ3n) is 4.47. The second kappa shape index (κ2) is 8.64.